The lowest BCUT2D eigenvalue weighted by Gasteiger charge is -2.28. The van der Waals surface area contributed by atoms with Crippen molar-refractivity contribution in [3.63, 3.8) is 0 Å². The molecule has 0 spiro atoms. The van der Waals surface area contributed by atoms with Crippen molar-refractivity contribution in [3.8, 4) is 5.75 Å². The predicted molar refractivity (Wildman–Crippen MR) is 108 cm³/mol. The molecule has 0 bridgehead atoms. The SMILES string of the molecule is COc1ccc(C(=O)Nc2cccc([C@@H]3NC(=O)c4ccccc4N3)c2)cc1. The fourth-order valence-electron chi connectivity index (χ4n) is 3.12. The van der Waals surface area contributed by atoms with E-state index in [1.54, 1.807) is 37.4 Å². The number of hydrogen-bond donors (Lipinski definition) is 3. The molecule has 0 saturated carbocycles. The van der Waals surface area contributed by atoms with E-state index in [1.807, 2.05) is 42.5 Å². The first-order chi connectivity index (χ1) is 13.6. The molecule has 0 unspecified atom stereocenters. The first-order valence-corrected chi connectivity index (χ1v) is 8.86. The highest BCUT2D eigenvalue weighted by molar-refractivity contribution is 6.04. The molecule has 140 valence electrons. The summed E-state index contributed by atoms with van der Waals surface area (Å²) in [4.78, 5) is 24.8. The second kappa shape index (κ2) is 7.44. The van der Waals surface area contributed by atoms with Gasteiger partial charge >= 0.3 is 0 Å². The number of hydrogen-bond acceptors (Lipinski definition) is 4. The molecule has 1 atom stereocenters. The van der Waals surface area contributed by atoms with Crippen molar-refractivity contribution >= 4 is 23.2 Å². The van der Waals surface area contributed by atoms with Gasteiger partial charge in [0.25, 0.3) is 11.8 Å². The summed E-state index contributed by atoms with van der Waals surface area (Å²) in [6.07, 6.45) is -0.375. The van der Waals surface area contributed by atoms with Gasteiger partial charge in [-0.25, -0.2) is 0 Å². The standard InChI is InChI=1S/C22H19N3O3/c1-28-17-11-9-14(10-12-17)21(26)23-16-6-4-5-15(13-16)20-24-19-8-3-2-7-18(19)22(27)25-20/h2-13,20,24H,1H3,(H,23,26)(H,25,27)/t20-/m0/s1. The Balaban J connectivity index is 1.52. The van der Waals surface area contributed by atoms with Gasteiger partial charge in [0.1, 0.15) is 11.9 Å². The highest BCUT2D eigenvalue weighted by Gasteiger charge is 2.24. The fraction of sp³-hybridized carbons (Fsp3) is 0.0909. The van der Waals surface area contributed by atoms with Crippen molar-refractivity contribution in [1.82, 2.24) is 5.32 Å². The Morgan fingerprint density at radius 3 is 2.54 bits per heavy atom. The number of ether oxygens (including phenoxy) is 1. The summed E-state index contributed by atoms with van der Waals surface area (Å²) in [5, 5.41) is 9.13. The quantitative estimate of drug-likeness (QED) is 0.650. The van der Waals surface area contributed by atoms with Crippen LogP contribution < -0.4 is 20.7 Å². The second-order valence-corrected chi connectivity index (χ2v) is 6.40. The van der Waals surface area contributed by atoms with Gasteiger partial charge in [-0.15, -0.1) is 0 Å². The number of anilines is 2. The molecule has 0 aliphatic carbocycles. The first kappa shape index (κ1) is 17.6. The van der Waals surface area contributed by atoms with E-state index in [2.05, 4.69) is 16.0 Å². The molecule has 2 amide bonds. The van der Waals surface area contributed by atoms with E-state index in [4.69, 9.17) is 4.74 Å². The Kier molecular flexibility index (Phi) is 4.68. The normalized spacial score (nSPS) is 15.0. The first-order valence-electron chi connectivity index (χ1n) is 8.86. The summed E-state index contributed by atoms with van der Waals surface area (Å²) in [5.74, 6) is 0.343. The molecule has 3 aromatic rings. The zero-order valence-corrected chi connectivity index (χ0v) is 15.2. The lowest BCUT2D eigenvalue weighted by molar-refractivity contribution is 0.0934. The number of carbonyl (C=O) groups is 2. The summed E-state index contributed by atoms with van der Waals surface area (Å²) >= 11 is 0. The van der Waals surface area contributed by atoms with Crippen molar-refractivity contribution in [1.29, 1.82) is 0 Å². The number of methoxy groups -OCH3 is 1. The number of nitrogens with one attached hydrogen (secondary N) is 3. The third kappa shape index (κ3) is 3.53. The van der Waals surface area contributed by atoms with Gasteiger partial charge in [0, 0.05) is 16.9 Å². The molecule has 6 heteroatoms. The van der Waals surface area contributed by atoms with Crippen molar-refractivity contribution in [2.24, 2.45) is 0 Å². The van der Waals surface area contributed by atoms with Gasteiger partial charge in [-0.2, -0.15) is 0 Å². The molecule has 0 aromatic heterocycles. The maximum Gasteiger partial charge on any atom is 0.255 e. The van der Waals surface area contributed by atoms with Crippen molar-refractivity contribution in [2.75, 3.05) is 17.7 Å². The van der Waals surface area contributed by atoms with Crippen molar-refractivity contribution < 1.29 is 14.3 Å². The molecule has 6 nitrogen and oxygen atoms in total. The lowest BCUT2D eigenvalue weighted by Crippen LogP contribution is -2.38. The van der Waals surface area contributed by atoms with E-state index in [-0.39, 0.29) is 18.0 Å². The zero-order valence-electron chi connectivity index (χ0n) is 15.2. The van der Waals surface area contributed by atoms with E-state index in [0.29, 0.717) is 22.6 Å². The molecule has 0 fully saturated rings. The van der Waals surface area contributed by atoms with E-state index in [0.717, 1.165) is 11.3 Å². The van der Waals surface area contributed by atoms with Gasteiger partial charge in [0.2, 0.25) is 0 Å². The highest BCUT2D eigenvalue weighted by Crippen LogP contribution is 2.27. The topological polar surface area (TPSA) is 79.5 Å². The lowest BCUT2D eigenvalue weighted by atomic mass is 10.1. The van der Waals surface area contributed by atoms with Crippen molar-refractivity contribution in [2.45, 2.75) is 6.17 Å². The molecule has 1 aliphatic rings. The average Bonchev–Trinajstić information content (AvgIpc) is 2.74. The Hall–Kier alpha value is -3.80. The Morgan fingerprint density at radius 1 is 0.964 bits per heavy atom. The molecule has 3 N–H and O–H groups in total. The van der Waals surface area contributed by atoms with Crippen LogP contribution in [0.25, 0.3) is 0 Å². The number of carbonyl (C=O) groups excluding carboxylic acids is 2. The average molecular weight is 373 g/mol. The van der Waals surface area contributed by atoms with Gasteiger partial charge in [0.15, 0.2) is 0 Å². The monoisotopic (exact) mass is 373 g/mol. The van der Waals surface area contributed by atoms with Crippen molar-refractivity contribution in [3.05, 3.63) is 89.5 Å². The van der Waals surface area contributed by atoms with Crippen LogP contribution in [0, 0.1) is 0 Å². The maximum absolute atomic E-state index is 12.5. The maximum atomic E-state index is 12.5. The van der Waals surface area contributed by atoms with Crippen LogP contribution >= 0.6 is 0 Å². The molecule has 1 heterocycles. The number of para-hydroxylation sites is 1. The predicted octanol–water partition coefficient (Wildman–Crippen LogP) is 3.80. The van der Waals surface area contributed by atoms with Crippen LogP contribution in [-0.4, -0.2) is 18.9 Å². The smallest absolute Gasteiger partial charge is 0.255 e. The summed E-state index contributed by atoms with van der Waals surface area (Å²) in [6, 6.07) is 21.6. The summed E-state index contributed by atoms with van der Waals surface area (Å²) < 4.78 is 5.11. The molecule has 0 radical (unpaired) electrons. The minimum Gasteiger partial charge on any atom is -0.497 e. The highest BCUT2D eigenvalue weighted by atomic mass is 16.5. The number of amides is 2. The van der Waals surface area contributed by atoms with Gasteiger partial charge in [-0.05, 0) is 54.1 Å². The van der Waals surface area contributed by atoms with Gasteiger partial charge in [0.05, 0.1) is 12.7 Å². The summed E-state index contributed by atoms with van der Waals surface area (Å²) in [7, 11) is 1.58. The van der Waals surface area contributed by atoms with E-state index >= 15 is 0 Å². The zero-order chi connectivity index (χ0) is 19.5. The Bertz CT molecular complexity index is 1030. The number of fused-ring (bicyclic) bond motifs is 1. The number of benzene rings is 3. The summed E-state index contributed by atoms with van der Waals surface area (Å²) in [5.41, 5.74) is 3.42. The minimum absolute atomic E-state index is 0.132. The van der Waals surface area contributed by atoms with Crippen LogP contribution in [0.3, 0.4) is 0 Å². The van der Waals surface area contributed by atoms with Crippen LogP contribution in [-0.2, 0) is 0 Å². The van der Waals surface area contributed by atoms with Crippen LogP contribution in [0.2, 0.25) is 0 Å². The molecule has 3 aromatic carbocycles. The Labute approximate surface area is 162 Å². The third-order valence-corrected chi connectivity index (χ3v) is 4.58. The second-order valence-electron chi connectivity index (χ2n) is 6.40. The molecule has 1 aliphatic heterocycles. The van der Waals surface area contributed by atoms with E-state index < -0.39 is 0 Å². The molecule has 4 rings (SSSR count). The van der Waals surface area contributed by atoms with E-state index in [9.17, 15) is 9.59 Å². The van der Waals surface area contributed by atoms with E-state index in [1.165, 1.54) is 0 Å². The van der Waals surface area contributed by atoms with Crippen LogP contribution in [0.5, 0.6) is 5.75 Å². The van der Waals surface area contributed by atoms with Gasteiger partial charge < -0.3 is 20.7 Å². The molecular formula is C22H19N3O3. The fourth-order valence-corrected chi connectivity index (χ4v) is 3.12. The third-order valence-electron chi connectivity index (χ3n) is 4.58. The van der Waals surface area contributed by atoms with Gasteiger partial charge in [-0.3, -0.25) is 9.59 Å². The Morgan fingerprint density at radius 2 is 1.75 bits per heavy atom. The molecule has 28 heavy (non-hydrogen) atoms. The van der Waals surface area contributed by atoms with Crippen LogP contribution in [0.4, 0.5) is 11.4 Å². The largest absolute Gasteiger partial charge is 0.497 e. The summed E-state index contributed by atoms with van der Waals surface area (Å²) in [6.45, 7) is 0. The number of rotatable bonds is 4. The van der Waals surface area contributed by atoms with Crippen LogP contribution in [0.1, 0.15) is 32.4 Å². The van der Waals surface area contributed by atoms with Gasteiger partial charge in [-0.1, -0.05) is 24.3 Å². The van der Waals surface area contributed by atoms with Crippen LogP contribution in [0.15, 0.2) is 72.8 Å². The molecule has 0 saturated heterocycles. The molecular weight excluding hydrogens is 354 g/mol. The minimum atomic E-state index is -0.375.